The SMILES string of the molecule is CC(C)Nc1cccc(C(=O)NCCNC(=O)C2CCCC2)c1. The molecule has 3 N–H and O–H groups in total. The summed E-state index contributed by atoms with van der Waals surface area (Å²) in [4.78, 5) is 24.0. The quantitative estimate of drug-likeness (QED) is 0.677. The average Bonchev–Trinajstić information content (AvgIpc) is 3.05. The Hall–Kier alpha value is -2.04. The molecule has 1 aliphatic carbocycles. The second-order valence-corrected chi connectivity index (χ2v) is 6.41. The van der Waals surface area contributed by atoms with Crippen molar-refractivity contribution in [3.8, 4) is 0 Å². The van der Waals surface area contributed by atoms with Crippen molar-refractivity contribution in [1.29, 1.82) is 0 Å². The summed E-state index contributed by atoms with van der Waals surface area (Å²) in [6.45, 7) is 5.03. The molecule has 1 aliphatic rings. The van der Waals surface area contributed by atoms with Gasteiger partial charge in [-0.25, -0.2) is 0 Å². The fourth-order valence-corrected chi connectivity index (χ4v) is 2.88. The highest BCUT2D eigenvalue weighted by Crippen LogP contribution is 2.24. The van der Waals surface area contributed by atoms with Crippen molar-refractivity contribution in [2.45, 2.75) is 45.6 Å². The van der Waals surface area contributed by atoms with Crippen LogP contribution in [-0.4, -0.2) is 30.9 Å². The van der Waals surface area contributed by atoms with E-state index in [0.29, 0.717) is 24.7 Å². The minimum Gasteiger partial charge on any atom is -0.383 e. The van der Waals surface area contributed by atoms with Crippen LogP contribution in [0.2, 0.25) is 0 Å². The molecule has 1 fully saturated rings. The molecule has 1 aromatic carbocycles. The first-order valence-electron chi connectivity index (χ1n) is 8.49. The Morgan fingerprint density at radius 2 is 1.83 bits per heavy atom. The van der Waals surface area contributed by atoms with Crippen LogP contribution in [0.15, 0.2) is 24.3 Å². The highest BCUT2D eigenvalue weighted by molar-refractivity contribution is 5.95. The van der Waals surface area contributed by atoms with Crippen molar-refractivity contribution < 1.29 is 9.59 Å². The van der Waals surface area contributed by atoms with E-state index >= 15 is 0 Å². The molecule has 0 aromatic heterocycles. The maximum Gasteiger partial charge on any atom is 0.251 e. The maximum atomic E-state index is 12.1. The molecule has 1 saturated carbocycles. The standard InChI is InChI=1S/C18H27N3O2/c1-13(2)21-16-9-5-8-15(12-16)18(23)20-11-10-19-17(22)14-6-3-4-7-14/h5,8-9,12-14,21H,3-4,6-7,10-11H2,1-2H3,(H,19,22)(H,20,23). The lowest BCUT2D eigenvalue weighted by atomic mass is 10.1. The van der Waals surface area contributed by atoms with Gasteiger partial charge in [-0.3, -0.25) is 9.59 Å². The monoisotopic (exact) mass is 317 g/mol. The molecule has 0 atom stereocenters. The van der Waals surface area contributed by atoms with E-state index in [9.17, 15) is 9.59 Å². The van der Waals surface area contributed by atoms with Gasteiger partial charge < -0.3 is 16.0 Å². The van der Waals surface area contributed by atoms with E-state index in [1.54, 1.807) is 6.07 Å². The van der Waals surface area contributed by atoms with E-state index in [4.69, 9.17) is 0 Å². The number of benzene rings is 1. The summed E-state index contributed by atoms with van der Waals surface area (Å²) in [5.74, 6) is 0.178. The number of amides is 2. The van der Waals surface area contributed by atoms with E-state index in [-0.39, 0.29) is 17.7 Å². The smallest absolute Gasteiger partial charge is 0.251 e. The summed E-state index contributed by atoms with van der Waals surface area (Å²) in [6.07, 6.45) is 4.28. The van der Waals surface area contributed by atoms with E-state index < -0.39 is 0 Å². The number of carbonyl (C=O) groups is 2. The molecular formula is C18H27N3O2. The Kier molecular flexibility index (Phi) is 6.44. The van der Waals surface area contributed by atoms with Crippen LogP contribution in [0.25, 0.3) is 0 Å². The molecule has 5 nitrogen and oxygen atoms in total. The summed E-state index contributed by atoms with van der Waals surface area (Å²) in [5, 5.41) is 9.02. The number of anilines is 1. The topological polar surface area (TPSA) is 70.2 Å². The Labute approximate surface area is 138 Å². The lowest BCUT2D eigenvalue weighted by Crippen LogP contribution is -2.37. The van der Waals surface area contributed by atoms with Crippen LogP contribution in [0.1, 0.15) is 49.9 Å². The van der Waals surface area contributed by atoms with Crippen molar-refractivity contribution in [1.82, 2.24) is 10.6 Å². The molecule has 23 heavy (non-hydrogen) atoms. The third-order valence-corrected chi connectivity index (χ3v) is 4.02. The van der Waals surface area contributed by atoms with Gasteiger partial charge in [0.15, 0.2) is 0 Å². The Balaban J connectivity index is 1.73. The molecule has 0 unspecified atom stereocenters. The molecular weight excluding hydrogens is 290 g/mol. The zero-order chi connectivity index (χ0) is 16.7. The van der Waals surface area contributed by atoms with E-state index in [0.717, 1.165) is 31.4 Å². The molecule has 1 aromatic rings. The third-order valence-electron chi connectivity index (χ3n) is 4.02. The summed E-state index contributed by atoms with van der Waals surface area (Å²) in [6, 6.07) is 7.75. The second-order valence-electron chi connectivity index (χ2n) is 6.41. The van der Waals surface area contributed by atoms with Crippen molar-refractivity contribution >= 4 is 17.5 Å². The fraction of sp³-hybridized carbons (Fsp3) is 0.556. The zero-order valence-corrected chi connectivity index (χ0v) is 14.0. The van der Waals surface area contributed by atoms with Gasteiger partial charge >= 0.3 is 0 Å². The number of hydrogen-bond donors (Lipinski definition) is 3. The van der Waals surface area contributed by atoms with Gasteiger partial charge in [-0.1, -0.05) is 18.9 Å². The predicted octanol–water partition coefficient (Wildman–Crippen LogP) is 2.54. The molecule has 0 heterocycles. The van der Waals surface area contributed by atoms with Crippen LogP contribution in [0.5, 0.6) is 0 Å². The minimum atomic E-state index is -0.118. The molecule has 2 amide bonds. The third kappa shape index (κ3) is 5.58. The van der Waals surface area contributed by atoms with Crippen LogP contribution >= 0.6 is 0 Å². The molecule has 126 valence electrons. The van der Waals surface area contributed by atoms with Crippen LogP contribution in [0.4, 0.5) is 5.69 Å². The van der Waals surface area contributed by atoms with Gasteiger partial charge in [0.2, 0.25) is 5.91 Å². The summed E-state index contributed by atoms with van der Waals surface area (Å²) in [7, 11) is 0. The highest BCUT2D eigenvalue weighted by Gasteiger charge is 2.21. The first-order chi connectivity index (χ1) is 11.1. The summed E-state index contributed by atoms with van der Waals surface area (Å²) in [5.41, 5.74) is 1.56. The van der Waals surface area contributed by atoms with E-state index in [1.807, 2.05) is 18.2 Å². The van der Waals surface area contributed by atoms with Crippen molar-refractivity contribution in [3.63, 3.8) is 0 Å². The second kappa shape index (κ2) is 8.56. The first-order valence-corrected chi connectivity index (χ1v) is 8.49. The number of nitrogens with one attached hydrogen (secondary N) is 3. The van der Waals surface area contributed by atoms with E-state index in [1.165, 1.54) is 0 Å². The normalized spacial score (nSPS) is 14.7. The van der Waals surface area contributed by atoms with Gasteiger partial charge in [0, 0.05) is 36.3 Å². The number of rotatable bonds is 7. The molecule has 0 radical (unpaired) electrons. The lowest BCUT2D eigenvalue weighted by molar-refractivity contribution is -0.124. The molecule has 2 rings (SSSR count). The van der Waals surface area contributed by atoms with Crippen LogP contribution in [0.3, 0.4) is 0 Å². The average molecular weight is 317 g/mol. The Morgan fingerprint density at radius 1 is 1.13 bits per heavy atom. The van der Waals surface area contributed by atoms with Gasteiger partial charge in [-0.05, 0) is 44.9 Å². The highest BCUT2D eigenvalue weighted by atomic mass is 16.2. The van der Waals surface area contributed by atoms with Crippen LogP contribution < -0.4 is 16.0 Å². The number of carbonyl (C=O) groups excluding carboxylic acids is 2. The predicted molar refractivity (Wildman–Crippen MR) is 92.5 cm³/mol. The molecule has 0 spiro atoms. The molecule has 0 aliphatic heterocycles. The van der Waals surface area contributed by atoms with Gasteiger partial charge in [0.05, 0.1) is 0 Å². The van der Waals surface area contributed by atoms with Gasteiger partial charge in [0.25, 0.3) is 5.91 Å². The van der Waals surface area contributed by atoms with Gasteiger partial charge in [-0.15, -0.1) is 0 Å². The minimum absolute atomic E-state index is 0.118. The van der Waals surface area contributed by atoms with Crippen molar-refractivity contribution in [2.24, 2.45) is 5.92 Å². The lowest BCUT2D eigenvalue weighted by Gasteiger charge is -2.12. The summed E-state index contributed by atoms with van der Waals surface area (Å²) < 4.78 is 0. The molecule has 5 heteroatoms. The van der Waals surface area contributed by atoms with Gasteiger partial charge in [0.1, 0.15) is 0 Å². The number of hydrogen-bond acceptors (Lipinski definition) is 3. The largest absolute Gasteiger partial charge is 0.383 e. The zero-order valence-electron chi connectivity index (χ0n) is 14.0. The van der Waals surface area contributed by atoms with Crippen LogP contribution in [0, 0.1) is 5.92 Å². The van der Waals surface area contributed by atoms with Crippen LogP contribution in [-0.2, 0) is 4.79 Å². The molecule has 0 saturated heterocycles. The Morgan fingerprint density at radius 3 is 2.52 bits per heavy atom. The molecule has 0 bridgehead atoms. The van der Waals surface area contributed by atoms with Gasteiger partial charge in [-0.2, -0.15) is 0 Å². The first kappa shape index (κ1) is 17.3. The maximum absolute atomic E-state index is 12.1. The Bertz CT molecular complexity index is 537. The fourth-order valence-electron chi connectivity index (χ4n) is 2.88. The van der Waals surface area contributed by atoms with E-state index in [2.05, 4.69) is 29.8 Å². The van der Waals surface area contributed by atoms with Crippen molar-refractivity contribution in [3.05, 3.63) is 29.8 Å². The summed E-state index contributed by atoms with van der Waals surface area (Å²) >= 11 is 0. The van der Waals surface area contributed by atoms with Crippen molar-refractivity contribution in [2.75, 3.05) is 18.4 Å².